The van der Waals surface area contributed by atoms with Crippen molar-refractivity contribution in [2.24, 2.45) is 0 Å². The lowest BCUT2D eigenvalue weighted by molar-refractivity contribution is -0.116. The molecule has 2 aromatic carbocycles. The predicted molar refractivity (Wildman–Crippen MR) is 117 cm³/mol. The number of carbonyl (C=O) groups excluding carboxylic acids is 1. The average Bonchev–Trinajstić information content (AvgIpc) is 2.76. The van der Waals surface area contributed by atoms with Crippen molar-refractivity contribution in [1.82, 2.24) is 9.71 Å². The zero-order valence-electron chi connectivity index (χ0n) is 17.2. The second-order valence-corrected chi connectivity index (χ2v) is 8.42. The molecule has 0 atom stereocenters. The van der Waals surface area contributed by atoms with Gasteiger partial charge in [-0.15, -0.1) is 0 Å². The fraction of sp³-hybridized carbons (Fsp3) is 0.182. The van der Waals surface area contributed by atoms with Crippen LogP contribution in [0.5, 0.6) is 17.4 Å². The molecular weight excluding hydrogens is 418 g/mol. The van der Waals surface area contributed by atoms with Gasteiger partial charge in [0.15, 0.2) is 11.5 Å². The summed E-state index contributed by atoms with van der Waals surface area (Å²) in [5.41, 5.74) is 1.51. The van der Waals surface area contributed by atoms with Crippen LogP contribution in [0.2, 0.25) is 0 Å². The highest BCUT2D eigenvalue weighted by atomic mass is 32.2. The number of methoxy groups -OCH3 is 1. The standard InChI is InChI=1S/C22H23N3O5S/c1-16-8-10-19(20(14-16)29-2)30-22-11-9-17(15-23-22)25-21(26)12-13-24-31(27,28)18-6-4-3-5-7-18/h3-11,14-15,24H,12-13H2,1-2H3,(H,25,26). The third-order valence-electron chi connectivity index (χ3n) is 4.25. The number of aromatic nitrogens is 1. The van der Waals surface area contributed by atoms with E-state index < -0.39 is 10.0 Å². The van der Waals surface area contributed by atoms with Gasteiger partial charge in [-0.05, 0) is 42.8 Å². The van der Waals surface area contributed by atoms with Crippen LogP contribution in [0, 0.1) is 6.92 Å². The Morgan fingerprint density at radius 3 is 2.48 bits per heavy atom. The Balaban J connectivity index is 1.51. The molecule has 0 fully saturated rings. The van der Waals surface area contributed by atoms with Gasteiger partial charge in [-0.3, -0.25) is 4.79 Å². The third kappa shape index (κ3) is 6.27. The maximum absolute atomic E-state index is 12.1. The predicted octanol–water partition coefficient (Wildman–Crippen LogP) is 3.50. The molecule has 0 bridgehead atoms. The summed E-state index contributed by atoms with van der Waals surface area (Å²) in [4.78, 5) is 16.4. The highest BCUT2D eigenvalue weighted by molar-refractivity contribution is 7.89. The van der Waals surface area contributed by atoms with Crippen molar-refractivity contribution in [1.29, 1.82) is 0 Å². The normalized spacial score (nSPS) is 11.0. The minimum absolute atomic E-state index is 0.0229. The Hall–Kier alpha value is -3.43. The first-order valence-corrected chi connectivity index (χ1v) is 11.0. The first-order valence-electron chi connectivity index (χ1n) is 9.50. The molecule has 0 saturated carbocycles. The van der Waals surface area contributed by atoms with Crippen LogP contribution in [-0.2, 0) is 14.8 Å². The quantitative estimate of drug-likeness (QED) is 0.526. The Morgan fingerprint density at radius 2 is 1.81 bits per heavy atom. The monoisotopic (exact) mass is 441 g/mol. The number of anilines is 1. The van der Waals surface area contributed by atoms with Crippen molar-refractivity contribution in [2.75, 3.05) is 19.0 Å². The number of amides is 1. The summed E-state index contributed by atoms with van der Waals surface area (Å²) in [5, 5.41) is 2.67. The zero-order valence-corrected chi connectivity index (χ0v) is 18.0. The lowest BCUT2D eigenvalue weighted by atomic mass is 10.2. The van der Waals surface area contributed by atoms with E-state index in [4.69, 9.17) is 9.47 Å². The topological polar surface area (TPSA) is 107 Å². The van der Waals surface area contributed by atoms with Gasteiger partial charge in [0.1, 0.15) is 0 Å². The number of pyridine rings is 1. The molecule has 162 valence electrons. The first-order chi connectivity index (χ1) is 14.9. The molecule has 9 heteroatoms. The van der Waals surface area contributed by atoms with Crippen molar-refractivity contribution in [3.63, 3.8) is 0 Å². The van der Waals surface area contributed by atoms with Crippen molar-refractivity contribution in [3.05, 3.63) is 72.4 Å². The maximum atomic E-state index is 12.1. The van der Waals surface area contributed by atoms with E-state index in [9.17, 15) is 13.2 Å². The number of benzene rings is 2. The van der Waals surface area contributed by atoms with Gasteiger partial charge in [0.2, 0.25) is 21.8 Å². The second kappa shape index (κ2) is 10.1. The molecule has 0 radical (unpaired) electrons. The number of ether oxygens (including phenoxy) is 2. The molecular formula is C22H23N3O5S. The molecule has 0 unspecified atom stereocenters. The van der Waals surface area contributed by atoms with Crippen molar-refractivity contribution < 1.29 is 22.7 Å². The lowest BCUT2D eigenvalue weighted by Crippen LogP contribution is -2.27. The molecule has 1 amide bonds. The van der Waals surface area contributed by atoms with Gasteiger partial charge in [0, 0.05) is 19.0 Å². The van der Waals surface area contributed by atoms with E-state index >= 15 is 0 Å². The number of aryl methyl sites for hydroxylation is 1. The average molecular weight is 442 g/mol. The number of nitrogens with one attached hydrogen (secondary N) is 2. The van der Waals surface area contributed by atoms with Gasteiger partial charge in [-0.25, -0.2) is 18.1 Å². The molecule has 1 heterocycles. The summed E-state index contributed by atoms with van der Waals surface area (Å²) in [6, 6.07) is 16.8. The van der Waals surface area contributed by atoms with Gasteiger partial charge >= 0.3 is 0 Å². The maximum Gasteiger partial charge on any atom is 0.240 e. The first kappa shape index (κ1) is 22.3. The van der Waals surface area contributed by atoms with Crippen LogP contribution in [0.4, 0.5) is 5.69 Å². The van der Waals surface area contributed by atoms with Gasteiger partial charge in [0.25, 0.3) is 0 Å². The van der Waals surface area contributed by atoms with Crippen molar-refractivity contribution in [2.45, 2.75) is 18.2 Å². The Morgan fingerprint density at radius 1 is 1.03 bits per heavy atom. The van der Waals surface area contributed by atoms with E-state index in [0.717, 1.165) is 5.56 Å². The number of carbonyl (C=O) groups is 1. The number of rotatable bonds is 9. The Bertz CT molecular complexity index is 1130. The summed E-state index contributed by atoms with van der Waals surface area (Å²) >= 11 is 0. The molecule has 2 N–H and O–H groups in total. The van der Waals surface area contributed by atoms with Gasteiger partial charge in [0.05, 0.1) is 23.9 Å². The van der Waals surface area contributed by atoms with Gasteiger partial charge in [-0.1, -0.05) is 24.3 Å². The van der Waals surface area contributed by atoms with Crippen LogP contribution in [0.25, 0.3) is 0 Å². The molecule has 0 aliphatic rings. The smallest absolute Gasteiger partial charge is 0.240 e. The summed E-state index contributed by atoms with van der Waals surface area (Å²) in [6.45, 7) is 1.93. The van der Waals surface area contributed by atoms with Crippen LogP contribution in [-0.4, -0.2) is 33.0 Å². The molecule has 3 rings (SSSR count). The van der Waals surface area contributed by atoms with Crippen LogP contribution < -0.4 is 19.5 Å². The van der Waals surface area contributed by atoms with Crippen molar-refractivity contribution >= 4 is 21.6 Å². The summed E-state index contributed by atoms with van der Waals surface area (Å²) in [6.07, 6.45) is 1.44. The van der Waals surface area contributed by atoms with E-state index in [1.807, 2.05) is 19.1 Å². The van der Waals surface area contributed by atoms with Gasteiger partial charge < -0.3 is 14.8 Å². The molecule has 0 aliphatic heterocycles. The number of sulfonamides is 1. The molecule has 0 aliphatic carbocycles. The summed E-state index contributed by atoms with van der Waals surface area (Å²) < 4.78 is 37.7. The number of nitrogens with zero attached hydrogens (tertiary/aromatic N) is 1. The second-order valence-electron chi connectivity index (χ2n) is 6.65. The van der Waals surface area contributed by atoms with Crippen LogP contribution in [0.15, 0.2) is 71.8 Å². The van der Waals surface area contributed by atoms with E-state index in [2.05, 4.69) is 15.0 Å². The largest absolute Gasteiger partial charge is 0.493 e. The fourth-order valence-corrected chi connectivity index (χ4v) is 3.74. The summed E-state index contributed by atoms with van der Waals surface area (Å²) in [7, 11) is -2.08. The minimum atomic E-state index is -3.64. The molecule has 3 aromatic rings. The van der Waals surface area contributed by atoms with Crippen molar-refractivity contribution in [3.8, 4) is 17.4 Å². The summed E-state index contributed by atoms with van der Waals surface area (Å²) in [5.74, 6) is 1.13. The van der Waals surface area contributed by atoms with E-state index in [0.29, 0.717) is 23.1 Å². The lowest BCUT2D eigenvalue weighted by Gasteiger charge is -2.11. The number of hydrogen-bond acceptors (Lipinski definition) is 6. The van der Waals surface area contributed by atoms with E-state index in [-0.39, 0.29) is 23.8 Å². The third-order valence-corrected chi connectivity index (χ3v) is 5.73. The van der Waals surface area contributed by atoms with Crippen LogP contribution in [0.3, 0.4) is 0 Å². The molecule has 8 nitrogen and oxygen atoms in total. The van der Waals surface area contributed by atoms with E-state index in [1.54, 1.807) is 43.5 Å². The number of hydrogen-bond donors (Lipinski definition) is 2. The minimum Gasteiger partial charge on any atom is -0.493 e. The molecule has 31 heavy (non-hydrogen) atoms. The SMILES string of the molecule is COc1cc(C)ccc1Oc1ccc(NC(=O)CCNS(=O)(=O)c2ccccc2)cn1. The molecule has 0 saturated heterocycles. The zero-order chi connectivity index (χ0) is 22.3. The van der Waals surface area contributed by atoms with Gasteiger partial charge in [-0.2, -0.15) is 0 Å². The Kier molecular flexibility index (Phi) is 7.22. The highest BCUT2D eigenvalue weighted by Gasteiger charge is 2.13. The molecule has 1 aromatic heterocycles. The molecule has 0 spiro atoms. The Labute approximate surface area is 181 Å². The van der Waals surface area contributed by atoms with E-state index in [1.165, 1.54) is 18.3 Å². The highest BCUT2D eigenvalue weighted by Crippen LogP contribution is 2.31. The van der Waals surface area contributed by atoms with Crippen LogP contribution >= 0.6 is 0 Å². The van der Waals surface area contributed by atoms with Crippen LogP contribution in [0.1, 0.15) is 12.0 Å². The fourth-order valence-electron chi connectivity index (χ4n) is 2.69.